The smallest absolute Gasteiger partial charge is 0.299 e. The number of rotatable bonds is 1. The second-order valence-corrected chi connectivity index (χ2v) is 7.03. The second-order valence-electron chi connectivity index (χ2n) is 7.03. The lowest BCUT2D eigenvalue weighted by Crippen LogP contribution is -2.35. The molecule has 3 aliphatic rings. The molecule has 0 atom stereocenters. The van der Waals surface area contributed by atoms with Crippen LogP contribution in [0, 0.1) is 11.8 Å². The van der Waals surface area contributed by atoms with Gasteiger partial charge in [0.1, 0.15) is 5.82 Å². The fourth-order valence-corrected chi connectivity index (χ4v) is 4.20. The highest BCUT2D eigenvalue weighted by atomic mass is 16.4. The number of aromatic nitrogens is 2. The van der Waals surface area contributed by atoms with Crippen LogP contribution in [0.25, 0.3) is 10.9 Å². The molecule has 6 heteroatoms. The zero-order valence-electron chi connectivity index (χ0n) is 13.9. The molecule has 0 radical (unpaired) electrons. The van der Waals surface area contributed by atoms with E-state index in [-0.39, 0.29) is 5.49 Å². The SMILES string of the molecule is Cn1c(=O)/c(=N\O)nc(N2CC3CCC(CC3)C2)c2ccccc21. The largest absolute Gasteiger partial charge is 0.409 e. The van der Waals surface area contributed by atoms with Crippen molar-refractivity contribution in [3.8, 4) is 0 Å². The van der Waals surface area contributed by atoms with Crippen molar-refractivity contribution in [1.29, 1.82) is 0 Å². The van der Waals surface area contributed by atoms with Gasteiger partial charge in [0.15, 0.2) is 0 Å². The van der Waals surface area contributed by atoms with Crippen LogP contribution in [0.2, 0.25) is 0 Å². The first-order chi connectivity index (χ1) is 11.7. The number of hydrogen-bond acceptors (Lipinski definition) is 5. The van der Waals surface area contributed by atoms with E-state index in [0.717, 1.165) is 29.8 Å². The first-order valence-corrected chi connectivity index (χ1v) is 8.60. The van der Waals surface area contributed by atoms with Gasteiger partial charge in [-0.2, -0.15) is 0 Å². The third-order valence-corrected chi connectivity index (χ3v) is 5.53. The summed E-state index contributed by atoms with van der Waals surface area (Å²) in [4.78, 5) is 19.3. The van der Waals surface area contributed by atoms with Gasteiger partial charge >= 0.3 is 0 Å². The molecule has 1 aromatic carbocycles. The lowest BCUT2D eigenvalue weighted by Gasteiger charge is -2.24. The van der Waals surface area contributed by atoms with Crippen molar-refractivity contribution in [3.05, 3.63) is 40.1 Å². The molecule has 1 aliphatic carbocycles. The van der Waals surface area contributed by atoms with Crippen LogP contribution in [-0.4, -0.2) is 27.8 Å². The van der Waals surface area contributed by atoms with Gasteiger partial charge in [-0.3, -0.25) is 4.79 Å². The average molecular weight is 326 g/mol. The predicted octanol–water partition coefficient (Wildman–Crippen LogP) is 1.85. The molecule has 0 spiro atoms. The molecule has 2 aromatic rings. The standard InChI is InChI=1S/C18H22N4O2/c1-21-15-5-3-2-4-14(15)17(19-16(20-24)18(21)23)22-10-12-6-7-13(11-22)9-8-12/h2-5,12-13,24H,6-11H2,1H3/b20-16+. The number of hydrogen-bond donors (Lipinski definition) is 1. The van der Waals surface area contributed by atoms with Crippen LogP contribution in [-0.2, 0) is 7.05 Å². The number of para-hydroxylation sites is 1. The maximum atomic E-state index is 12.5. The fourth-order valence-electron chi connectivity index (χ4n) is 4.20. The normalized spacial score (nSPS) is 24.4. The summed E-state index contributed by atoms with van der Waals surface area (Å²) in [5.74, 6) is 2.13. The quantitative estimate of drug-likeness (QED) is 0.641. The molecule has 24 heavy (non-hydrogen) atoms. The molecule has 1 saturated carbocycles. The Kier molecular flexibility index (Phi) is 3.75. The Morgan fingerprint density at radius 1 is 1.12 bits per heavy atom. The third kappa shape index (κ3) is 2.46. The Morgan fingerprint density at radius 2 is 1.75 bits per heavy atom. The molecule has 1 aromatic heterocycles. The van der Waals surface area contributed by atoms with Crippen molar-refractivity contribution in [2.45, 2.75) is 25.7 Å². The summed E-state index contributed by atoms with van der Waals surface area (Å²) in [7, 11) is 1.69. The van der Waals surface area contributed by atoms with Gasteiger partial charge < -0.3 is 14.7 Å². The Morgan fingerprint density at radius 3 is 2.38 bits per heavy atom. The maximum absolute atomic E-state index is 12.5. The molecular formula is C18H22N4O2. The summed E-state index contributed by atoms with van der Waals surface area (Å²) in [6.07, 6.45) is 5.09. The molecule has 1 N–H and O–H groups in total. The van der Waals surface area contributed by atoms with Gasteiger partial charge in [-0.1, -0.05) is 17.3 Å². The predicted molar refractivity (Wildman–Crippen MR) is 92.0 cm³/mol. The average Bonchev–Trinajstić information content (AvgIpc) is 2.99. The minimum Gasteiger partial charge on any atom is -0.409 e. The van der Waals surface area contributed by atoms with Gasteiger partial charge in [-0.05, 0) is 49.7 Å². The Labute approximate surface area is 140 Å². The summed E-state index contributed by atoms with van der Waals surface area (Å²) in [6.45, 7) is 1.92. The Hall–Kier alpha value is -2.37. The van der Waals surface area contributed by atoms with Gasteiger partial charge in [-0.15, -0.1) is 0 Å². The summed E-state index contributed by atoms with van der Waals surface area (Å²) in [6, 6.07) is 7.77. The molecule has 3 heterocycles. The van der Waals surface area contributed by atoms with E-state index in [4.69, 9.17) is 0 Å². The third-order valence-electron chi connectivity index (χ3n) is 5.53. The number of nitrogens with zero attached hydrogens (tertiary/aromatic N) is 4. The molecule has 2 bridgehead atoms. The van der Waals surface area contributed by atoms with Gasteiger partial charge in [0.25, 0.3) is 11.0 Å². The van der Waals surface area contributed by atoms with Crippen LogP contribution in [0.3, 0.4) is 0 Å². The second kappa shape index (κ2) is 5.92. The molecule has 5 rings (SSSR count). The monoisotopic (exact) mass is 326 g/mol. The Bertz CT molecular complexity index is 883. The number of fused-ring (bicyclic) bond motifs is 5. The van der Waals surface area contributed by atoms with E-state index in [0.29, 0.717) is 11.8 Å². The van der Waals surface area contributed by atoms with Crippen molar-refractivity contribution in [2.75, 3.05) is 18.0 Å². The van der Waals surface area contributed by atoms with Gasteiger partial charge in [0, 0.05) is 25.5 Å². The van der Waals surface area contributed by atoms with E-state index in [1.807, 2.05) is 24.3 Å². The highest BCUT2D eigenvalue weighted by molar-refractivity contribution is 5.89. The van der Waals surface area contributed by atoms with E-state index in [1.54, 1.807) is 7.05 Å². The van der Waals surface area contributed by atoms with Crippen LogP contribution in [0.4, 0.5) is 5.82 Å². The van der Waals surface area contributed by atoms with E-state index in [9.17, 15) is 10.0 Å². The molecule has 126 valence electrons. The van der Waals surface area contributed by atoms with Crippen molar-refractivity contribution in [1.82, 2.24) is 9.55 Å². The van der Waals surface area contributed by atoms with Crippen LogP contribution in [0.15, 0.2) is 34.2 Å². The summed E-state index contributed by atoms with van der Waals surface area (Å²) >= 11 is 0. The molecular weight excluding hydrogens is 304 g/mol. The molecule has 0 unspecified atom stereocenters. The van der Waals surface area contributed by atoms with Gasteiger partial charge in [0.05, 0.1) is 5.52 Å². The van der Waals surface area contributed by atoms with Crippen molar-refractivity contribution in [2.24, 2.45) is 24.0 Å². The minimum atomic E-state index is -0.391. The molecule has 6 nitrogen and oxygen atoms in total. The van der Waals surface area contributed by atoms with Crippen molar-refractivity contribution < 1.29 is 5.21 Å². The highest BCUT2D eigenvalue weighted by Crippen LogP contribution is 2.36. The fraction of sp³-hybridized carbons (Fsp3) is 0.500. The minimum absolute atomic E-state index is 0.153. The van der Waals surface area contributed by atoms with Crippen molar-refractivity contribution in [3.63, 3.8) is 0 Å². The lowest BCUT2D eigenvalue weighted by molar-refractivity contribution is 0.297. The van der Waals surface area contributed by atoms with E-state index in [2.05, 4.69) is 15.0 Å². The van der Waals surface area contributed by atoms with E-state index >= 15 is 0 Å². The molecule has 0 amide bonds. The summed E-state index contributed by atoms with van der Waals surface area (Å²) < 4.78 is 1.51. The lowest BCUT2D eigenvalue weighted by atomic mass is 9.84. The maximum Gasteiger partial charge on any atom is 0.299 e. The first kappa shape index (κ1) is 15.2. The summed E-state index contributed by atoms with van der Waals surface area (Å²) in [5, 5.41) is 13.4. The zero-order valence-corrected chi connectivity index (χ0v) is 13.9. The van der Waals surface area contributed by atoms with Crippen molar-refractivity contribution >= 4 is 16.7 Å². The van der Waals surface area contributed by atoms with Crippen LogP contribution < -0.4 is 15.9 Å². The van der Waals surface area contributed by atoms with Gasteiger partial charge in [0.2, 0.25) is 0 Å². The van der Waals surface area contributed by atoms with E-state index in [1.165, 1.54) is 30.3 Å². The molecule has 2 aliphatic heterocycles. The first-order valence-electron chi connectivity index (χ1n) is 8.60. The summed E-state index contributed by atoms with van der Waals surface area (Å²) in [5.41, 5.74) is 0.259. The molecule has 3 fully saturated rings. The van der Waals surface area contributed by atoms with Crippen LogP contribution in [0.1, 0.15) is 25.7 Å². The van der Waals surface area contributed by atoms with Crippen LogP contribution >= 0.6 is 0 Å². The number of aryl methyl sites for hydroxylation is 1. The number of anilines is 1. The topological polar surface area (TPSA) is 70.7 Å². The van der Waals surface area contributed by atoms with E-state index < -0.39 is 5.56 Å². The number of benzene rings is 1. The highest BCUT2D eigenvalue weighted by Gasteiger charge is 2.30. The zero-order chi connectivity index (χ0) is 16.7. The van der Waals surface area contributed by atoms with Gasteiger partial charge in [-0.25, -0.2) is 4.98 Å². The molecule has 2 saturated heterocycles. The Balaban J connectivity index is 2.00. The van der Waals surface area contributed by atoms with Crippen LogP contribution in [0.5, 0.6) is 0 Å².